The summed E-state index contributed by atoms with van der Waals surface area (Å²) in [7, 11) is 0. The highest BCUT2D eigenvalue weighted by molar-refractivity contribution is 7.99. The Morgan fingerprint density at radius 1 is 1.47 bits per heavy atom. The normalized spacial score (nSPS) is 11.4. The van der Waals surface area contributed by atoms with E-state index in [1.54, 1.807) is 0 Å². The molecule has 0 aliphatic heterocycles. The molecule has 1 aromatic rings. The molecule has 0 saturated heterocycles. The summed E-state index contributed by atoms with van der Waals surface area (Å²) in [5, 5.41) is 8.90. The molecular weight excluding hydrogens is 279 g/mol. The van der Waals surface area contributed by atoms with Crippen LogP contribution in [0.4, 0.5) is 13.2 Å². The fourth-order valence-corrected chi connectivity index (χ4v) is 2.16. The zero-order valence-electron chi connectivity index (χ0n) is 10.1. The van der Waals surface area contributed by atoms with E-state index >= 15 is 0 Å². The maximum Gasteiger partial charge on any atom is 0.433 e. The summed E-state index contributed by atoms with van der Waals surface area (Å²) < 4.78 is 37.7. The molecule has 0 saturated carbocycles. The van der Waals surface area contributed by atoms with Crippen molar-refractivity contribution in [3.8, 4) is 0 Å². The molecule has 0 aliphatic carbocycles. The maximum absolute atomic E-state index is 12.6. The van der Waals surface area contributed by atoms with Crippen LogP contribution in [-0.4, -0.2) is 21.8 Å². The van der Waals surface area contributed by atoms with Gasteiger partial charge in [-0.3, -0.25) is 0 Å². The van der Waals surface area contributed by atoms with Crippen molar-refractivity contribution in [1.82, 2.24) is 4.98 Å². The van der Waals surface area contributed by atoms with Crippen molar-refractivity contribution >= 4 is 23.3 Å². The third-order valence-electron chi connectivity index (χ3n) is 2.18. The van der Waals surface area contributed by atoms with E-state index in [4.69, 9.17) is 5.11 Å². The van der Waals surface area contributed by atoms with E-state index in [1.807, 2.05) is 6.92 Å². The first-order valence-electron chi connectivity index (χ1n) is 5.41. The van der Waals surface area contributed by atoms with Crippen LogP contribution in [0.25, 0.3) is 5.57 Å². The molecule has 0 atom stereocenters. The Labute approximate surface area is 112 Å². The molecule has 1 heterocycles. The molecule has 104 valence electrons. The minimum atomic E-state index is -4.55. The van der Waals surface area contributed by atoms with E-state index in [2.05, 4.69) is 11.6 Å². The van der Waals surface area contributed by atoms with Gasteiger partial charge in [0.1, 0.15) is 10.7 Å². The Hall–Kier alpha value is -1.50. The van der Waals surface area contributed by atoms with Crippen LogP contribution >= 0.6 is 11.8 Å². The second-order valence-corrected chi connectivity index (χ2v) is 4.76. The third kappa shape index (κ3) is 3.99. The topological polar surface area (TPSA) is 50.2 Å². The Morgan fingerprint density at radius 3 is 2.58 bits per heavy atom. The number of alkyl halides is 3. The Bertz CT molecular complexity index is 500. The van der Waals surface area contributed by atoms with Gasteiger partial charge < -0.3 is 5.11 Å². The van der Waals surface area contributed by atoms with Gasteiger partial charge in [-0.2, -0.15) is 13.2 Å². The average molecular weight is 291 g/mol. The zero-order valence-corrected chi connectivity index (χ0v) is 10.9. The molecule has 0 unspecified atom stereocenters. The Balaban J connectivity index is 3.24. The lowest BCUT2D eigenvalue weighted by molar-refractivity contribution is -0.141. The van der Waals surface area contributed by atoms with Crippen LogP contribution < -0.4 is 0 Å². The van der Waals surface area contributed by atoms with Crippen molar-refractivity contribution in [1.29, 1.82) is 0 Å². The number of hydrogen-bond donors (Lipinski definition) is 1. The van der Waals surface area contributed by atoms with Gasteiger partial charge in [-0.1, -0.05) is 13.5 Å². The molecule has 7 heteroatoms. The van der Waals surface area contributed by atoms with Crippen LogP contribution in [0.2, 0.25) is 0 Å². The first-order valence-corrected chi connectivity index (χ1v) is 6.39. The molecule has 0 amide bonds. The molecule has 0 bridgehead atoms. The first kappa shape index (κ1) is 15.6. The molecule has 0 aliphatic rings. The number of pyridine rings is 1. The molecule has 0 fully saturated rings. The number of hydrogen-bond acceptors (Lipinski definition) is 3. The number of aromatic nitrogens is 1. The average Bonchev–Trinajstić information content (AvgIpc) is 2.33. The van der Waals surface area contributed by atoms with Crippen molar-refractivity contribution in [2.24, 2.45) is 0 Å². The van der Waals surface area contributed by atoms with E-state index in [-0.39, 0.29) is 16.2 Å². The van der Waals surface area contributed by atoms with Crippen LogP contribution in [-0.2, 0) is 11.0 Å². The Morgan fingerprint density at radius 2 is 2.11 bits per heavy atom. The van der Waals surface area contributed by atoms with Crippen molar-refractivity contribution in [3.63, 3.8) is 0 Å². The van der Waals surface area contributed by atoms with Crippen LogP contribution in [0.15, 0.2) is 23.7 Å². The molecule has 1 aromatic heterocycles. The van der Waals surface area contributed by atoms with Gasteiger partial charge in [0.2, 0.25) is 0 Å². The summed E-state index contributed by atoms with van der Waals surface area (Å²) in [5.74, 6) is -0.728. The molecule has 0 aromatic carbocycles. The lowest BCUT2D eigenvalue weighted by atomic mass is 10.1. The smallest absolute Gasteiger partial charge is 0.433 e. The van der Waals surface area contributed by atoms with E-state index < -0.39 is 17.8 Å². The first-order chi connectivity index (χ1) is 8.77. The molecular formula is C12H12F3NO2S. The van der Waals surface area contributed by atoms with Crippen molar-refractivity contribution < 1.29 is 23.1 Å². The monoisotopic (exact) mass is 291 g/mol. The second kappa shape index (κ2) is 6.10. The van der Waals surface area contributed by atoms with E-state index in [0.717, 1.165) is 30.3 Å². The van der Waals surface area contributed by atoms with Gasteiger partial charge in [0, 0.05) is 5.56 Å². The largest absolute Gasteiger partial charge is 0.478 e. The van der Waals surface area contributed by atoms with Crippen LogP contribution in [0.3, 0.4) is 0 Å². The SMILES string of the molecule is C=C(C(=O)O)c1ccc(C(F)(F)F)nc1SCCC. The van der Waals surface area contributed by atoms with Gasteiger partial charge in [-0.05, 0) is 24.3 Å². The van der Waals surface area contributed by atoms with Crippen molar-refractivity contribution in [2.75, 3.05) is 5.75 Å². The van der Waals surface area contributed by atoms with Crippen molar-refractivity contribution in [3.05, 3.63) is 30.0 Å². The van der Waals surface area contributed by atoms with E-state index in [9.17, 15) is 18.0 Å². The van der Waals surface area contributed by atoms with Crippen LogP contribution in [0.1, 0.15) is 24.6 Å². The minimum absolute atomic E-state index is 0.0454. The van der Waals surface area contributed by atoms with Crippen molar-refractivity contribution in [2.45, 2.75) is 24.5 Å². The highest BCUT2D eigenvalue weighted by Gasteiger charge is 2.33. The second-order valence-electron chi connectivity index (χ2n) is 3.68. The number of halogens is 3. The third-order valence-corrected chi connectivity index (χ3v) is 3.37. The summed E-state index contributed by atoms with van der Waals surface area (Å²) >= 11 is 1.09. The van der Waals surface area contributed by atoms with Gasteiger partial charge >= 0.3 is 12.1 Å². The zero-order chi connectivity index (χ0) is 14.6. The van der Waals surface area contributed by atoms with Gasteiger partial charge in [0.25, 0.3) is 0 Å². The minimum Gasteiger partial charge on any atom is -0.478 e. The lowest BCUT2D eigenvalue weighted by Gasteiger charge is -2.11. The standard InChI is InChI=1S/C12H12F3NO2S/c1-3-6-19-10-8(7(2)11(17)18)4-5-9(16-10)12(13,14)15/h4-5H,2-3,6H2,1H3,(H,17,18). The number of aliphatic carboxylic acids is 1. The van der Waals surface area contributed by atoms with Gasteiger partial charge in [0.15, 0.2) is 0 Å². The molecule has 1 rings (SSSR count). The fourth-order valence-electron chi connectivity index (χ4n) is 1.25. The summed E-state index contributed by atoms with van der Waals surface area (Å²) in [6.45, 7) is 5.22. The molecule has 19 heavy (non-hydrogen) atoms. The summed E-state index contributed by atoms with van der Waals surface area (Å²) in [4.78, 5) is 14.3. The number of thioether (sulfide) groups is 1. The highest BCUT2D eigenvalue weighted by Crippen LogP contribution is 2.33. The van der Waals surface area contributed by atoms with Gasteiger partial charge in [-0.25, -0.2) is 9.78 Å². The van der Waals surface area contributed by atoms with Crippen LogP contribution in [0.5, 0.6) is 0 Å². The lowest BCUT2D eigenvalue weighted by Crippen LogP contribution is -2.10. The number of carboxylic acids is 1. The predicted octanol–water partition coefficient (Wildman–Crippen LogP) is 3.70. The summed E-state index contributed by atoms with van der Waals surface area (Å²) in [6.07, 6.45) is -3.81. The van der Waals surface area contributed by atoms with Gasteiger partial charge in [-0.15, -0.1) is 11.8 Å². The number of carboxylic acid groups (broad SMARTS) is 1. The fraction of sp³-hybridized carbons (Fsp3) is 0.333. The maximum atomic E-state index is 12.6. The molecule has 1 N–H and O–H groups in total. The number of rotatable bonds is 5. The molecule has 0 spiro atoms. The van der Waals surface area contributed by atoms with E-state index in [1.165, 1.54) is 0 Å². The molecule has 3 nitrogen and oxygen atoms in total. The predicted molar refractivity (Wildman–Crippen MR) is 66.9 cm³/mol. The quantitative estimate of drug-likeness (QED) is 0.664. The van der Waals surface area contributed by atoms with Crippen LogP contribution in [0, 0.1) is 0 Å². The Kier molecular flexibility index (Phi) is 4.99. The highest BCUT2D eigenvalue weighted by atomic mass is 32.2. The summed E-state index contributed by atoms with van der Waals surface area (Å²) in [5.41, 5.74) is -1.17. The number of nitrogens with zero attached hydrogens (tertiary/aromatic N) is 1. The van der Waals surface area contributed by atoms with Gasteiger partial charge in [0.05, 0.1) is 5.57 Å². The van der Waals surface area contributed by atoms with E-state index in [0.29, 0.717) is 5.75 Å². The summed E-state index contributed by atoms with van der Waals surface area (Å²) in [6, 6.07) is 1.86. The number of carbonyl (C=O) groups is 1. The molecule has 0 radical (unpaired) electrons.